The van der Waals surface area contributed by atoms with Crippen molar-refractivity contribution in [1.82, 2.24) is 10.6 Å². The average Bonchev–Trinajstić information content (AvgIpc) is 2.27. The Morgan fingerprint density at radius 1 is 1.55 bits per heavy atom. The maximum Gasteiger partial charge on any atom is 0.238 e. The van der Waals surface area contributed by atoms with E-state index in [1.165, 1.54) is 0 Å². The Hall–Kier alpha value is -0.570. The van der Waals surface area contributed by atoms with Gasteiger partial charge in [-0.15, -0.1) is 0 Å². The Kier molecular flexibility index (Phi) is 2.18. The molecule has 0 saturated carbocycles. The lowest BCUT2D eigenvalue weighted by Gasteiger charge is -2.22. The standard InChI is InChI=1S/C8H16N2O/c1-4-6-7(11)10-8(3,5-2)9-6/h6,9H,4-5H2,1-3H3,(H,10,11). The first-order valence-electron chi connectivity index (χ1n) is 4.21. The molecule has 0 aliphatic carbocycles. The average molecular weight is 156 g/mol. The molecule has 1 aliphatic heterocycles. The largest absolute Gasteiger partial charge is 0.337 e. The van der Waals surface area contributed by atoms with E-state index in [1.54, 1.807) is 0 Å². The van der Waals surface area contributed by atoms with Crippen molar-refractivity contribution in [2.45, 2.75) is 45.3 Å². The first kappa shape index (κ1) is 8.53. The molecule has 2 N–H and O–H groups in total. The molecule has 3 heteroatoms. The fourth-order valence-electron chi connectivity index (χ4n) is 1.32. The molecule has 0 aromatic rings. The Bertz CT molecular complexity index is 169. The zero-order chi connectivity index (χ0) is 8.48. The Morgan fingerprint density at radius 2 is 2.18 bits per heavy atom. The summed E-state index contributed by atoms with van der Waals surface area (Å²) in [7, 11) is 0. The van der Waals surface area contributed by atoms with Crippen LogP contribution in [-0.2, 0) is 4.79 Å². The summed E-state index contributed by atoms with van der Waals surface area (Å²) >= 11 is 0. The van der Waals surface area contributed by atoms with Gasteiger partial charge in [-0.25, -0.2) is 0 Å². The minimum Gasteiger partial charge on any atom is -0.337 e. The highest BCUT2D eigenvalue weighted by atomic mass is 16.2. The molecule has 11 heavy (non-hydrogen) atoms. The summed E-state index contributed by atoms with van der Waals surface area (Å²) < 4.78 is 0. The minimum atomic E-state index is -0.169. The van der Waals surface area contributed by atoms with Crippen LogP contribution in [0.4, 0.5) is 0 Å². The number of amides is 1. The highest BCUT2D eigenvalue weighted by molar-refractivity contribution is 5.84. The molecular weight excluding hydrogens is 140 g/mol. The molecule has 2 unspecified atom stereocenters. The fraction of sp³-hybridized carbons (Fsp3) is 0.875. The molecule has 0 aromatic heterocycles. The second-order valence-corrected chi connectivity index (χ2v) is 3.28. The molecule has 1 rings (SSSR count). The molecule has 1 saturated heterocycles. The van der Waals surface area contributed by atoms with Crippen molar-refractivity contribution in [1.29, 1.82) is 0 Å². The van der Waals surface area contributed by atoms with E-state index in [-0.39, 0.29) is 17.6 Å². The third kappa shape index (κ3) is 1.53. The van der Waals surface area contributed by atoms with Gasteiger partial charge in [0.2, 0.25) is 5.91 Å². The fourth-order valence-corrected chi connectivity index (χ4v) is 1.32. The smallest absolute Gasteiger partial charge is 0.238 e. The van der Waals surface area contributed by atoms with Crippen LogP contribution in [0.15, 0.2) is 0 Å². The van der Waals surface area contributed by atoms with Gasteiger partial charge in [-0.1, -0.05) is 13.8 Å². The lowest BCUT2D eigenvalue weighted by atomic mass is 10.1. The van der Waals surface area contributed by atoms with Crippen molar-refractivity contribution in [3.05, 3.63) is 0 Å². The van der Waals surface area contributed by atoms with Crippen molar-refractivity contribution in [2.24, 2.45) is 0 Å². The number of carbonyl (C=O) groups excluding carboxylic acids is 1. The Balaban J connectivity index is 2.62. The molecule has 0 bridgehead atoms. The van der Waals surface area contributed by atoms with E-state index in [0.717, 1.165) is 12.8 Å². The summed E-state index contributed by atoms with van der Waals surface area (Å²) in [4.78, 5) is 11.2. The van der Waals surface area contributed by atoms with Gasteiger partial charge in [0.25, 0.3) is 0 Å². The third-order valence-corrected chi connectivity index (χ3v) is 2.32. The number of carbonyl (C=O) groups is 1. The van der Waals surface area contributed by atoms with E-state index in [2.05, 4.69) is 17.6 Å². The van der Waals surface area contributed by atoms with Crippen LogP contribution < -0.4 is 10.6 Å². The highest BCUT2D eigenvalue weighted by Gasteiger charge is 2.37. The number of rotatable bonds is 2. The lowest BCUT2D eigenvalue weighted by molar-refractivity contribution is -0.121. The van der Waals surface area contributed by atoms with Crippen molar-refractivity contribution in [3.63, 3.8) is 0 Å². The van der Waals surface area contributed by atoms with Gasteiger partial charge in [-0.2, -0.15) is 0 Å². The van der Waals surface area contributed by atoms with Crippen molar-refractivity contribution in [3.8, 4) is 0 Å². The zero-order valence-corrected chi connectivity index (χ0v) is 7.40. The molecule has 64 valence electrons. The first-order chi connectivity index (χ1) is 5.11. The predicted octanol–water partition coefficient (Wildman–Crippen LogP) is 0.611. The normalized spacial score (nSPS) is 37.4. The summed E-state index contributed by atoms with van der Waals surface area (Å²) in [6.07, 6.45) is 1.79. The maximum atomic E-state index is 11.2. The van der Waals surface area contributed by atoms with Crippen LogP contribution >= 0.6 is 0 Å². The summed E-state index contributed by atoms with van der Waals surface area (Å²) in [6.45, 7) is 6.09. The van der Waals surface area contributed by atoms with Crippen molar-refractivity contribution >= 4 is 5.91 Å². The van der Waals surface area contributed by atoms with Crippen molar-refractivity contribution < 1.29 is 4.79 Å². The summed E-state index contributed by atoms with van der Waals surface area (Å²) in [6, 6.07) is 0.0138. The molecule has 0 radical (unpaired) electrons. The van der Waals surface area contributed by atoms with Crippen LogP contribution in [0, 0.1) is 0 Å². The van der Waals surface area contributed by atoms with Crippen molar-refractivity contribution in [2.75, 3.05) is 0 Å². The Morgan fingerprint density at radius 3 is 2.45 bits per heavy atom. The van der Waals surface area contributed by atoms with Gasteiger partial charge in [-0.3, -0.25) is 10.1 Å². The van der Waals surface area contributed by atoms with Crippen LogP contribution in [0.2, 0.25) is 0 Å². The summed E-state index contributed by atoms with van der Waals surface area (Å²) in [5.74, 6) is 0.136. The van der Waals surface area contributed by atoms with Gasteiger partial charge in [0.05, 0.1) is 11.7 Å². The SMILES string of the molecule is CCC1NC(C)(CC)NC1=O. The summed E-state index contributed by atoms with van der Waals surface area (Å²) in [5.41, 5.74) is -0.169. The second kappa shape index (κ2) is 2.81. The van der Waals surface area contributed by atoms with E-state index in [0.29, 0.717) is 0 Å². The van der Waals surface area contributed by atoms with Gasteiger partial charge >= 0.3 is 0 Å². The number of hydrogen-bond donors (Lipinski definition) is 2. The molecule has 0 spiro atoms. The monoisotopic (exact) mass is 156 g/mol. The van der Waals surface area contributed by atoms with E-state index in [1.807, 2.05) is 13.8 Å². The molecule has 2 atom stereocenters. The van der Waals surface area contributed by atoms with E-state index in [4.69, 9.17) is 0 Å². The zero-order valence-electron chi connectivity index (χ0n) is 7.40. The first-order valence-corrected chi connectivity index (χ1v) is 4.21. The van der Waals surface area contributed by atoms with Gasteiger partial charge in [-0.05, 0) is 19.8 Å². The Labute approximate surface area is 67.5 Å². The second-order valence-electron chi connectivity index (χ2n) is 3.28. The van der Waals surface area contributed by atoms with E-state index < -0.39 is 0 Å². The molecule has 0 aromatic carbocycles. The molecule has 1 aliphatic rings. The quantitative estimate of drug-likeness (QED) is 0.615. The van der Waals surface area contributed by atoms with E-state index in [9.17, 15) is 4.79 Å². The van der Waals surface area contributed by atoms with Crippen LogP contribution in [-0.4, -0.2) is 17.6 Å². The third-order valence-electron chi connectivity index (χ3n) is 2.32. The predicted molar refractivity (Wildman–Crippen MR) is 44.1 cm³/mol. The van der Waals surface area contributed by atoms with Crippen LogP contribution in [0.5, 0.6) is 0 Å². The van der Waals surface area contributed by atoms with Crippen LogP contribution in [0.25, 0.3) is 0 Å². The highest BCUT2D eigenvalue weighted by Crippen LogP contribution is 2.14. The molecular formula is C8H16N2O. The van der Waals surface area contributed by atoms with Gasteiger partial charge in [0, 0.05) is 0 Å². The van der Waals surface area contributed by atoms with Gasteiger partial charge in [0.1, 0.15) is 0 Å². The van der Waals surface area contributed by atoms with Crippen LogP contribution in [0.3, 0.4) is 0 Å². The maximum absolute atomic E-state index is 11.2. The number of hydrogen-bond acceptors (Lipinski definition) is 2. The minimum absolute atomic E-state index is 0.0138. The molecule has 1 amide bonds. The summed E-state index contributed by atoms with van der Waals surface area (Å²) in [5, 5.41) is 6.19. The van der Waals surface area contributed by atoms with Crippen LogP contribution in [0.1, 0.15) is 33.6 Å². The molecule has 1 heterocycles. The van der Waals surface area contributed by atoms with E-state index >= 15 is 0 Å². The lowest BCUT2D eigenvalue weighted by Crippen LogP contribution is -2.46. The molecule has 3 nitrogen and oxygen atoms in total. The van der Waals surface area contributed by atoms with Gasteiger partial charge in [0.15, 0.2) is 0 Å². The topological polar surface area (TPSA) is 41.1 Å². The number of nitrogens with one attached hydrogen (secondary N) is 2. The molecule has 1 fully saturated rings. The van der Waals surface area contributed by atoms with Gasteiger partial charge < -0.3 is 5.32 Å².